The van der Waals surface area contributed by atoms with Crippen LogP contribution in [0.2, 0.25) is 0 Å². The molecule has 1 heterocycles. The number of benzene rings is 1. The first-order valence-electron chi connectivity index (χ1n) is 3.89. The molecule has 0 unspecified atom stereocenters. The average molecular weight is 290 g/mol. The fourth-order valence-electron chi connectivity index (χ4n) is 1.45. The minimum atomic E-state index is -0.333. The Morgan fingerprint density at radius 2 is 2.31 bits per heavy atom. The first-order valence-corrected chi connectivity index (χ1v) is 4.97. The fourth-order valence-corrected chi connectivity index (χ4v) is 2.11. The predicted molar refractivity (Wildman–Crippen MR) is 58.0 cm³/mol. The second-order valence-electron chi connectivity index (χ2n) is 2.89. The third-order valence-electron chi connectivity index (χ3n) is 2.08. The molecule has 1 aromatic carbocycles. The number of hydrogen-bond donors (Lipinski definition) is 1. The van der Waals surface area contributed by atoms with E-state index in [1.165, 1.54) is 0 Å². The molecule has 0 bridgehead atoms. The summed E-state index contributed by atoms with van der Waals surface area (Å²) in [6.07, 6.45) is 0.882. The highest BCUT2D eigenvalue weighted by molar-refractivity contribution is 14.1. The maximum atomic E-state index is 10.6. The molecule has 13 heavy (non-hydrogen) atoms. The minimum absolute atomic E-state index is 0.211. The highest BCUT2D eigenvalue weighted by Gasteiger charge is 2.18. The van der Waals surface area contributed by atoms with Crippen molar-refractivity contribution in [3.8, 4) is 0 Å². The van der Waals surface area contributed by atoms with E-state index in [1.54, 1.807) is 6.07 Å². The second-order valence-corrected chi connectivity index (χ2v) is 4.06. The number of nitrogens with zero attached hydrogens (tertiary/aromatic N) is 1. The van der Waals surface area contributed by atoms with E-state index in [4.69, 9.17) is 0 Å². The maximum Gasteiger partial charge on any atom is 0.283 e. The van der Waals surface area contributed by atoms with Crippen LogP contribution in [0.15, 0.2) is 12.1 Å². The molecule has 0 aliphatic carbocycles. The lowest BCUT2D eigenvalue weighted by molar-refractivity contribution is -0.385. The van der Waals surface area contributed by atoms with Crippen LogP contribution in [0.1, 0.15) is 5.56 Å². The van der Waals surface area contributed by atoms with Crippen molar-refractivity contribution in [2.24, 2.45) is 0 Å². The van der Waals surface area contributed by atoms with Crippen molar-refractivity contribution in [3.63, 3.8) is 0 Å². The molecule has 0 radical (unpaired) electrons. The zero-order valence-electron chi connectivity index (χ0n) is 6.71. The molecule has 0 fully saturated rings. The molecule has 1 N–H and O–H groups in total. The van der Waals surface area contributed by atoms with Gasteiger partial charge in [-0.2, -0.15) is 0 Å². The number of rotatable bonds is 1. The summed E-state index contributed by atoms with van der Waals surface area (Å²) >= 11 is 1.99. The smallest absolute Gasteiger partial charge is 0.283 e. The Morgan fingerprint density at radius 1 is 1.54 bits per heavy atom. The van der Waals surface area contributed by atoms with Crippen LogP contribution < -0.4 is 5.32 Å². The molecule has 0 spiro atoms. The Balaban J connectivity index is 2.55. The fraction of sp³-hybridized carbons (Fsp3) is 0.250. The van der Waals surface area contributed by atoms with E-state index < -0.39 is 0 Å². The van der Waals surface area contributed by atoms with Gasteiger partial charge in [-0.3, -0.25) is 10.1 Å². The quantitative estimate of drug-likeness (QED) is 0.490. The number of fused-ring (bicyclic) bond motifs is 1. The Morgan fingerprint density at radius 3 is 3.00 bits per heavy atom. The van der Waals surface area contributed by atoms with Gasteiger partial charge in [0.2, 0.25) is 0 Å². The molecule has 68 valence electrons. The zero-order chi connectivity index (χ0) is 9.42. The van der Waals surface area contributed by atoms with Crippen molar-refractivity contribution >= 4 is 34.0 Å². The van der Waals surface area contributed by atoms with Gasteiger partial charge in [-0.05, 0) is 40.6 Å². The number of anilines is 1. The van der Waals surface area contributed by atoms with Crippen LogP contribution in [-0.2, 0) is 6.42 Å². The topological polar surface area (TPSA) is 55.2 Å². The molecule has 1 aliphatic rings. The molecule has 2 rings (SSSR count). The predicted octanol–water partition coefficient (Wildman–Crippen LogP) is 2.17. The van der Waals surface area contributed by atoms with Crippen molar-refractivity contribution in [1.82, 2.24) is 0 Å². The third kappa shape index (κ3) is 1.48. The molecular weight excluding hydrogens is 283 g/mol. The van der Waals surface area contributed by atoms with Gasteiger partial charge in [-0.25, -0.2) is 0 Å². The second kappa shape index (κ2) is 3.13. The summed E-state index contributed by atoms with van der Waals surface area (Å²) in [5.74, 6) is 0. The van der Waals surface area contributed by atoms with Crippen molar-refractivity contribution in [2.75, 3.05) is 11.9 Å². The van der Waals surface area contributed by atoms with Crippen LogP contribution in [0.5, 0.6) is 0 Å². The Hall–Kier alpha value is -0.850. The van der Waals surface area contributed by atoms with Gasteiger partial charge in [0.15, 0.2) is 0 Å². The molecule has 1 aromatic rings. The minimum Gasteiger partial charge on any atom is -0.384 e. The summed E-state index contributed by atoms with van der Waals surface area (Å²) in [4.78, 5) is 10.3. The van der Waals surface area contributed by atoms with Crippen LogP contribution >= 0.6 is 22.6 Å². The number of halogens is 1. The monoisotopic (exact) mass is 290 g/mol. The standard InChI is InChI=1S/C8H7IN2O2/c9-6-4-7-5(1-2-10-7)3-8(6)11(12)13/h3-4,10H,1-2H2. The number of nitro groups is 1. The van der Waals surface area contributed by atoms with Gasteiger partial charge >= 0.3 is 0 Å². The van der Waals surface area contributed by atoms with Gasteiger partial charge < -0.3 is 5.32 Å². The molecule has 1 aliphatic heterocycles. The zero-order valence-corrected chi connectivity index (χ0v) is 8.87. The van der Waals surface area contributed by atoms with Crippen LogP contribution in [0.25, 0.3) is 0 Å². The van der Waals surface area contributed by atoms with Crippen molar-refractivity contribution < 1.29 is 4.92 Å². The molecule has 0 saturated carbocycles. The first-order chi connectivity index (χ1) is 6.18. The average Bonchev–Trinajstić information content (AvgIpc) is 2.48. The van der Waals surface area contributed by atoms with E-state index in [0.29, 0.717) is 3.57 Å². The van der Waals surface area contributed by atoms with Crippen LogP contribution in [0.4, 0.5) is 11.4 Å². The largest absolute Gasteiger partial charge is 0.384 e. The number of hydrogen-bond acceptors (Lipinski definition) is 3. The van der Waals surface area contributed by atoms with E-state index in [2.05, 4.69) is 5.32 Å². The summed E-state index contributed by atoms with van der Waals surface area (Å²) in [5, 5.41) is 13.8. The SMILES string of the molecule is O=[N+]([O-])c1cc2c(cc1I)NCC2. The molecule has 5 heteroatoms. The summed E-state index contributed by atoms with van der Waals surface area (Å²) < 4.78 is 0.691. The van der Waals surface area contributed by atoms with Crippen LogP contribution in [0.3, 0.4) is 0 Å². The summed E-state index contributed by atoms with van der Waals surface area (Å²) in [7, 11) is 0. The Bertz CT molecular complexity index is 379. The molecule has 0 atom stereocenters. The lowest BCUT2D eigenvalue weighted by Crippen LogP contribution is -1.93. The van der Waals surface area contributed by atoms with Crippen LogP contribution in [-0.4, -0.2) is 11.5 Å². The van der Waals surface area contributed by atoms with E-state index in [9.17, 15) is 10.1 Å². The van der Waals surface area contributed by atoms with Crippen molar-refractivity contribution in [3.05, 3.63) is 31.4 Å². The van der Waals surface area contributed by atoms with Gasteiger partial charge in [0.1, 0.15) is 0 Å². The lowest BCUT2D eigenvalue weighted by atomic mass is 10.1. The number of nitro benzene ring substituents is 1. The lowest BCUT2D eigenvalue weighted by Gasteiger charge is -2.00. The first kappa shape index (κ1) is 8.74. The van der Waals surface area contributed by atoms with E-state index >= 15 is 0 Å². The molecular formula is C8H7IN2O2. The normalized spacial score (nSPS) is 13.6. The molecule has 0 saturated heterocycles. The van der Waals surface area contributed by atoms with Gasteiger partial charge in [-0.1, -0.05) is 0 Å². The Kier molecular flexibility index (Phi) is 2.10. The molecule has 0 amide bonds. The Labute approximate surface area is 88.6 Å². The highest BCUT2D eigenvalue weighted by atomic mass is 127. The molecule has 4 nitrogen and oxygen atoms in total. The van der Waals surface area contributed by atoms with Gasteiger partial charge in [0.25, 0.3) is 5.69 Å². The van der Waals surface area contributed by atoms with Gasteiger partial charge in [-0.15, -0.1) is 0 Å². The van der Waals surface area contributed by atoms with Gasteiger partial charge in [0.05, 0.1) is 8.49 Å². The van der Waals surface area contributed by atoms with E-state index in [1.807, 2.05) is 28.7 Å². The summed E-state index contributed by atoms with van der Waals surface area (Å²) in [6.45, 7) is 0.882. The van der Waals surface area contributed by atoms with Crippen molar-refractivity contribution in [1.29, 1.82) is 0 Å². The van der Waals surface area contributed by atoms with Gasteiger partial charge in [0, 0.05) is 18.3 Å². The summed E-state index contributed by atoms with van der Waals surface area (Å²) in [5.41, 5.74) is 2.30. The van der Waals surface area contributed by atoms with Crippen molar-refractivity contribution in [2.45, 2.75) is 6.42 Å². The van der Waals surface area contributed by atoms with E-state index in [-0.39, 0.29) is 10.6 Å². The van der Waals surface area contributed by atoms with Crippen LogP contribution in [0, 0.1) is 13.7 Å². The third-order valence-corrected chi connectivity index (χ3v) is 2.94. The molecule has 0 aromatic heterocycles. The number of nitrogens with one attached hydrogen (secondary N) is 1. The summed E-state index contributed by atoms with van der Waals surface area (Å²) in [6, 6.07) is 3.50. The maximum absolute atomic E-state index is 10.6. The highest BCUT2D eigenvalue weighted by Crippen LogP contribution is 2.31. The van der Waals surface area contributed by atoms with E-state index in [0.717, 1.165) is 24.2 Å².